The summed E-state index contributed by atoms with van der Waals surface area (Å²) in [6.07, 6.45) is 5.19. The summed E-state index contributed by atoms with van der Waals surface area (Å²) < 4.78 is 23.1. The van der Waals surface area contributed by atoms with Gasteiger partial charge in [-0.1, -0.05) is 24.3 Å². The second-order valence-electron chi connectivity index (χ2n) is 7.45. The van der Waals surface area contributed by atoms with Gasteiger partial charge in [-0.05, 0) is 61.2 Å². The lowest BCUT2D eigenvalue weighted by molar-refractivity contribution is -0.126. The van der Waals surface area contributed by atoms with Crippen LogP contribution in [0.2, 0.25) is 0 Å². The van der Waals surface area contributed by atoms with Crippen molar-refractivity contribution in [1.29, 1.82) is 0 Å². The molecule has 0 radical (unpaired) electrons. The van der Waals surface area contributed by atoms with E-state index in [1.807, 2.05) is 0 Å². The quantitative estimate of drug-likeness (QED) is 0.662. The number of rotatable bonds is 7. The first-order chi connectivity index (χ1) is 14.1. The first-order valence-electron chi connectivity index (χ1n) is 9.64. The van der Waals surface area contributed by atoms with Crippen molar-refractivity contribution in [3.05, 3.63) is 71.3 Å². The molecule has 0 saturated heterocycles. The lowest BCUT2D eigenvalue weighted by atomic mass is 10.1. The Bertz CT molecular complexity index is 1070. The molecular weight excluding hydrogens is 402 g/mol. The van der Waals surface area contributed by atoms with Crippen molar-refractivity contribution in [3.8, 4) is 0 Å². The average molecular weight is 428 g/mol. The Morgan fingerprint density at radius 3 is 2.43 bits per heavy atom. The molecule has 3 N–H and O–H groups in total. The molecule has 3 rings (SSSR count). The lowest BCUT2D eigenvalue weighted by Crippen LogP contribution is -2.28. The van der Waals surface area contributed by atoms with Gasteiger partial charge < -0.3 is 10.2 Å². The van der Waals surface area contributed by atoms with E-state index in [1.54, 1.807) is 56.4 Å². The fourth-order valence-corrected chi connectivity index (χ4v) is 3.46. The standard InChI is InChI=1S/C22H25N3O4S/c1-15(18-4-3-5-20(14-18)30(23,28)29)25(2)21(26)13-8-16-6-9-17(10-7-16)22(27)24-19-11-12-19/h3-10,13-15,19H,11-12H2,1-2H3,(H,24,27)(H2,23,28,29)/b13-8+. The SMILES string of the molecule is CC(c1cccc(S(N)(=O)=O)c1)N(C)C(=O)/C=C/c1ccc(C(=O)NC2CC2)cc1. The van der Waals surface area contributed by atoms with Gasteiger partial charge in [-0.25, -0.2) is 13.6 Å². The zero-order valence-electron chi connectivity index (χ0n) is 16.9. The van der Waals surface area contributed by atoms with Gasteiger partial charge in [-0.2, -0.15) is 0 Å². The maximum absolute atomic E-state index is 12.5. The molecule has 1 saturated carbocycles. The number of hydrogen-bond acceptors (Lipinski definition) is 4. The highest BCUT2D eigenvalue weighted by Gasteiger charge is 2.23. The van der Waals surface area contributed by atoms with Crippen molar-refractivity contribution in [3.63, 3.8) is 0 Å². The van der Waals surface area contributed by atoms with Crippen LogP contribution in [-0.2, 0) is 14.8 Å². The predicted octanol–water partition coefficient (Wildman–Crippen LogP) is 2.46. The normalized spacial score (nSPS) is 15.0. The molecule has 1 aliphatic carbocycles. The third-order valence-corrected chi connectivity index (χ3v) is 6.01. The Morgan fingerprint density at radius 2 is 1.83 bits per heavy atom. The van der Waals surface area contributed by atoms with Crippen LogP contribution in [0, 0.1) is 0 Å². The third-order valence-electron chi connectivity index (χ3n) is 5.10. The molecule has 8 heteroatoms. The molecule has 0 aromatic heterocycles. The molecular formula is C22H25N3O4S. The van der Waals surface area contributed by atoms with Crippen LogP contribution in [0.25, 0.3) is 6.08 Å². The van der Waals surface area contributed by atoms with Crippen molar-refractivity contribution in [2.45, 2.75) is 36.7 Å². The number of nitrogens with two attached hydrogens (primary N) is 1. The van der Waals surface area contributed by atoms with E-state index >= 15 is 0 Å². The number of sulfonamides is 1. The van der Waals surface area contributed by atoms with E-state index in [-0.39, 0.29) is 22.8 Å². The van der Waals surface area contributed by atoms with E-state index in [0.29, 0.717) is 17.2 Å². The first kappa shape index (κ1) is 21.7. The molecule has 30 heavy (non-hydrogen) atoms. The first-order valence-corrected chi connectivity index (χ1v) is 11.2. The molecule has 1 atom stereocenters. The van der Waals surface area contributed by atoms with Crippen molar-refractivity contribution >= 4 is 27.9 Å². The lowest BCUT2D eigenvalue weighted by Gasteiger charge is -2.24. The van der Waals surface area contributed by atoms with Crippen LogP contribution in [0.4, 0.5) is 0 Å². The van der Waals surface area contributed by atoms with E-state index in [9.17, 15) is 18.0 Å². The number of nitrogens with zero attached hydrogens (tertiary/aromatic N) is 1. The van der Waals surface area contributed by atoms with Crippen LogP contribution in [0.3, 0.4) is 0 Å². The Balaban J connectivity index is 1.64. The van der Waals surface area contributed by atoms with E-state index in [1.165, 1.54) is 23.1 Å². The molecule has 1 aliphatic rings. The topological polar surface area (TPSA) is 110 Å². The average Bonchev–Trinajstić information content (AvgIpc) is 3.54. The van der Waals surface area contributed by atoms with Gasteiger partial charge in [0.05, 0.1) is 10.9 Å². The van der Waals surface area contributed by atoms with Crippen LogP contribution in [0.5, 0.6) is 0 Å². The zero-order chi connectivity index (χ0) is 21.9. The highest BCUT2D eigenvalue weighted by Crippen LogP contribution is 2.22. The van der Waals surface area contributed by atoms with Gasteiger partial charge in [-0.3, -0.25) is 9.59 Å². The van der Waals surface area contributed by atoms with Crippen molar-refractivity contribution < 1.29 is 18.0 Å². The van der Waals surface area contributed by atoms with Gasteiger partial charge in [0.15, 0.2) is 0 Å². The zero-order valence-corrected chi connectivity index (χ0v) is 17.7. The van der Waals surface area contributed by atoms with Crippen LogP contribution >= 0.6 is 0 Å². The number of carbonyl (C=O) groups excluding carboxylic acids is 2. The third kappa shape index (κ3) is 5.55. The summed E-state index contributed by atoms with van der Waals surface area (Å²) in [6.45, 7) is 1.81. The van der Waals surface area contributed by atoms with E-state index in [4.69, 9.17) is 5.14 Å². The molecule has 2 aromatic rings. The largest absolute Gasteiger partial charge is 0.349 e. The number of carbonyl (C=O) groups is 2. The van der Waals surface area contributed by atoms with Crippen molar-refractivity contribution in [2.75, 3.05) is 7.05 Å². The molecule has 0 heterocycles. The smallest absolute Gasteiger partial charge is 0.251 e. The van der Waals surface area contributed by atoms with Gasteiger partial charge in [0, 0.05) is 24.7 Å². The highest BCUT2D eigenvalue weighted by molar-refractivity contribution is 7.89. The summed E-state index contributed by atoms with van der Waals surface area (Å²) in [5, 5.41) is 8.12. The van der Waals surface area contributed by atoms with E-state index in [0.717, 1.165) is 18.4 Å². The molecule has 1 fully saturated rings. The number of benzene rings is 2. The molecule has 7 nitrogen and oxygen atoms in total. The minimum Gasteiger partial charge on any atom is -0.349 e. The highest BCUT2D eigenvalue weighted by atomic mass is 32.2. The Hall–Kier alpha value is -2.97. The summed E-state index contributed by atoms with van der Waals surface area (Å²) in [6, 6.07) is 13.2. The fraction of sp³-hybridized carbons (Fsp3) is 0.273. The second kappa shape index (κ2) is 8.81. The summed E-state index contributed by atoms with van der Waals surface area (Å²) in [5.74, 6) is -0.321. The number of nitrogens with one attached hydrogen (secondary N) is 1. The van der Waals surface area contributed by atoms with Crippen molar-refractivity contribution in [1.82, 2.24) is 10.2 Å². The van der Waals surface area contributed by atoms with Gasteiger partial charge in [-0.15, -0.1) is 0 Å². The maximum atomic E-state index is 12.5. The molecule has 2 aromatic carbocycles. The van der Waals surface area contributed by atoms with Gasteiger partial charge in [0.25, 0.3) is 5.91 Å². The summed E-state index contributed by atoms with van der Waals surface area (Å²) in [4.78, 5) is 26.1. The Morgan fingerprint density at radius 1 is 1.17 bits per heavy atom. The molecule has 0 aliphatic heterocycles. The summed E-state index contributed by atoms with van der Waals surface area (Å²) in [5.41, 5.74) is 2.05. The monoisotopic (exact) mass is 427 g/mol. The van der Waals surface area contributed by atoms with Crippen LogP contribution in [-0.4, -0.2) is 38.2 Å². The summed E-state index contributed by atoms with van der Waals surface area (Å²) >= 11 is 0. The van der Waals surface area contributed by atoms with Gasteiger partial charge in [0.1, 0.15) is 0 Å². The second-order valence-corrected chi connectivity index (χ2v) is 9.01. The minimum absolute atomic E-state index is 0.00838. The molecule has 158 valence electrons. The summed E-state index contributed by atoms with van der Waals surface area (Å²) in [7, 11) is -2.16. The Labute approximate surface area is 176 Å². The fourth-order valence-electron chi connectivity index (χ4n) is 2.89. The van der Waals surface area contributed by atoms with Crippen LogP contribution in [0.15, 0.2) is 59.5 Å². The minimum atomic E-state index is -3.81. The number of primary sulfonamides is 1. The predicted molar refractivity (Wildman–Crippen MR) is 115 cm³/mol. The molecule has 2 amide bonds. The molecule has 1 unspecified atom stereocenters. The molecule has 0 bridgehead atoms. The van der Waals surface area contributed by atoms with Gasteiger partial charge >= 0.3 is 0 Å². The number of hydrogen-bond donors (Lipinski definition) is 2. The van der Waals surface area contributed by atoms with Crippen molar-refractivity contribution in [2.24, 2.45) is 5.14 Å². The van der Waals surface area contributed by atoms with Crippen LogP contribution < -0.4 is 10.5 Å². The maximum Gasteiger partial charge on any atom is 0.251 e. The van der Waals surface area contributed by atoms with Crippen LogP contribution in [0.1, 0.15) is 47.3 Å². The van der Waals surface area contributed by atoms with Gasteiger partial charge in [0.2, 0.25) is 15.9 Å². The Kier molecular flexibility index (Phi) is 6.38. The van der Waals surface area contributed by atoms with E-state index in [2.05, 4.69) is 5.32 Å². The van der Waals surface area contributed by atoms with E-state index < -0.39 is 10.0 Å². The number of likely N-dealkylation sites (N-methyl/N-ethyl adjacent to an activating group) is 1. The number of amides is 2. The molecule has 0 spiro atoms.